The summed E-state index contributed by atoms with van der Waals surface area (Å²) in [6.07, 6.45) is 0. The van der Waals surface area contributed by atoms with Crippen LogP contribution in [0.4, 0.5) is 0 Å². The number of nitrogens with zero attached hydrogens (tertiary/aromatic N) is 1. The lowest BCUT2D eigenvalue weighted by molar-refractivity contribution is -0.133. The Kier molecular flexibility index (Phi) is 6.38. The monoisotopic (exact) mass is 313 g/mol. The van der Waals surface area contributed by atoms with Crippen molar-refractivity contribution in [3.8, 4) is 0 Å². The van der Waals surface area contributed by atoms with Crippen molar-refractivity contribution in [1.82, 2.24) is 15.5 Å². The molecule has 0 bridgehead atoms. The summed E-state index contributed by atoms with van der Waals surface area (Å²) in [6.45, 7) is 15.2. The van der Waals surface area contributed by atoms with Crippen molar-refractivity contribution in [2.45, 2.75) is 53.1 Å². The fraction of sp³-hybridized carbons (Fsp3) is 0.875. The first-order valence-corrected chi connectivity index (χ1v) is 7.95. The lowest BCUT2D eigenvalue weighted by atomic mass is 9.95. The van der Waals surface area contributed by atoms with Gasteiger partial charge >= 0.3 is 0 Å². The molecule has 1 unspecified atom stereocenters. The number of nitrogens with one attached hydrogen (secondary N) is 2. The highest BCUT2D eigenvalue weighted by Crippen LogP contribution is 2.15. The Labute approximate surface area is 134 Å². The Balaban J connectivity index is 2.45. The summed E-state index contributed by atoms with van der Waals surface area (Å²) in [7, 11) is 0. The quantitative estimate of drug-likeness (QED) is 0.786. The van der Waals surface area contributed by atoms with E-state index in [1.54, 1.807) is 6.92 Å². The number of hydrogen-bond donors (Lipinski definition) is 2. The van der Waals surface area contributed by atoms with Crippen molar-refractivity contribution >= 4 is 11.8 Å². The number of ether oxygens (including phenoxy) is 1. The second-order valence-corrected chi connectivity index (χ2v) is 7.57. The van der Waals surface area contributed by atoms with E-state index in [0.29, 0.717) is 6.54 Å². The Bertz CT molecular complexity index is 396. The molecule has 1 rings (SSSR count). The average Bonchev–Trinajstić information content (AvgIpc) is 2.44. The zero-order valence-electron chi connectivity index (χ0n) is 14.8. The van der Waals surface area contributed by atoms with Gasteiger partial charge in [0.2, 0.25) is 11.8 Å². The smallest absolute Gasteiger partial charge is 0.242 e. The summed E-state index contributed by atoms with van der Waals surface area (Å²) in [5, 5.41) is 5.69. The topological polar surface area (TPSA) is 70.7 Å². The van der Waals surface area contributed by atoms with Crippen LogP contribution in [0.5, 0.6) is 0 Å². The van der Waals surface area contributed by atoms with E-state index in [9.17, 15) is 9.59 Å². The van der Waals surface area contributed by atoms with E-state index in [0.717, 1.165) is 26.3 Å². The van der Waals surface area contributed by atoms with Gasteiger partial charge in [-0.25, -0.2) is 0 Å². The van der Waals surface area contributed by atoms with E-state index in [-0.39, 0.29) is 17.4 Å². The van der Waals surface area contributed by atoms with E-state index >= 15 is 0 Å². The first-order valence-electron chi connectivity index (χ1n) is 7.95. The van der Waals surface area contributed by atoms with Crippen LogP contribution in [0.25, 0.3) is 0 Å². The normalized spacial score (nSPS) is 18.6. The largest absolute Gasteiger partial charge is 0.379 e. The molecule has 2 N–H and O–H groups in total. The van der Waals surface area contributed by atoms with Gasteiger partial charge < -0.3 is 15.4 Å². The van der Waals surface area contributed by atoms with Crippen LogP contribution < -0.4 is 10.6 Å². The minimum atomic E-state index is -0.535. The average molecular weight is 313 g/mol. The van der Waals surface area contributed by atoms with Crippen LogP contribution in [-0.2, 0) is 14.3 Å². The Morgan fingerprint density at radius 2 is 1.68 bits per heavy atom. The van der Waals surface area contributed by atoms with Gasteiger partial charge in [-0.3, -0.25) is 14.5 Å². The maximum absolute atomic E-state index is 12.2. The molecule has 1 saturated heterocycles. The van der Waals surface area contributed by atoms with Gasteiger partial charge in [-0.05, 0) is 20.8 Å². The lowest BCUT2D eigenvalue weighted by Gasteiger charge is -2.41. The van der Waals surface area contributed by atoms with Crippen LogP contribution >= 0.6 is 0 Å². The molecule has 128 valence electrons. The lowest BCUT2D eigenvalue weighted by Crippen LogP contribution is -2.57. The third-order valence-corrected chi connectivity index (χ3v) is 3.98. The van der Waals surface area contributed by atoms with E-state index < -0.39 is 11.5 Å². The number of hydrogen-bond acceptors (Lipinski definition) is 4. The molecule has 0 aromatic carbocycles. The number of rotatable bonds is 5. The van der Waals surface area contributed by atoms with E-state index in [4.69, 9.17) is 4.74 Å². The molecular formula is C16H31N3O3. The van der Waals surface area contributed by atoms with Crippen molar-refractivity contribution < 1.29 is 14.3 Å². The molecule has 2 amide bonds. The SMILES string of the molecule is CC(NC(=O)C(C)(C)C)C(=O)NCC(C)(C)N1CCOCC1. The van der Waals surface area contributed by atoms with E-state index in [1.807, 2.05) is 20.8 Å². The molecule has 1 aliphatic rings. The molecule has 0 aliphatic carbocycles. The van der Waals surface area contributed by atoms with Crippen LogP contribution in [-0.4, -0.2) is 61.1 Å². The van der Waals surface area contributed by atoms with Crippen LogP contribution in [0.1, 0.15) is 41.5 Å². The van der Waals surface area contributed by atoms with E-state index in [2.05, 4.69) is 29.4 Å². The highest BCUT2D eigenvalue weighted by atomic mass is 16.5. The van der Waals surface area contributed by atoms with Crippen LogP contribution in [0.2, 0.25) is 0 Å². The first kappa shape index (κ1) is 18.9. The van der Waals surface area contributed by atoms with Gasteiger partial charge in [-0.2, -0.15) is 0 Å². The maximum atomic E-state index is 12.2. The fourth-order valence-corrected chi connectivity index (χ4v) is 2.22. The van der Waals surface area contributed by atoms with Gasteiger partial charge in [0.05, 0.1) is 13.2 Å². The summed E-state index contributed by atoms with van der Waals surface area (Å²) >= 11 is 0. The molecule has 0 radical (unpaired) electrons. The minimum Gasteiger partial charge on any atom is -0.379 e. The Morgan fingerprint density at radius 1 is 1.14 bits per heavy atom. The van der Waals surface area contributed by atoms with Crippen LogP contribution in [0, 0.1) is 5.41 Å². The number of carbonyl (C=O) groups is 2. The fourth-order valence-electron chi connectivity index (χ4n) is 2.22. The molecule has 1 aliphatic heterocycles. The maximum Gasteiger partial charge on any atom is 0.242 e. The van der Waals surface area contributed by atoms with Crippen LogP contribution in [0.3, 0.4) is 0 Å². The third kappa shape index (κ3) is 5.57. The van der Waals surface area contributed by atoms with Crippen molar-refractivity contribution in [2.24, 2.45) is 5.41 Å². The second kappa shape index (κ2) is 7.42. The highest BCUT2D eigenvalue weighted by molar-refractivity contribution is 5.89. The number of carbonyl (C=O) groups excluding carboxylic acids is 2. The first-order chi connectivity index (χ1) is 10.0. The van der Waals surface area contributed by atoms with Gasteiger partial charge in [0.25, 0.3) is 0 Å². The van der Waals surface area contributed by atoms with Crippen molar-refractivity contribution in [2.75, 3.05) is 32.8 Å². The number of morpholine rings is 1. The summed E-state index contributed by atoms with van der Waals surface area (Å²) in [5.74, 6) is -0.276. The predicted octanol–water partition coefficient (Wildman–Crippen LogP) is 0.764. The molecule has 6 nitrogen and oxygen atoms in total. The van der Waals surface area contributed by atoms with Crippen molar-refractivity contribution in [3.05, 3.63) is 0 Å². The molecule has 0 aromatic rings. The summed E-state index contributed by atoms with van der Waals surface area (Å²) < 4.78 is 5.36. The minimum absolute atomic E-state index is 0.123. The Morgan fingerprint density at radius 3 is 2.18 bits per heavy atom. The highest BCUT2D eigenvalue weighted by Gasteiger charge is 2.30. The van der Waals surface area contributed by atoms with Gasteiger partial charge in [0.1, 0.15) is 6.04 Å². The van der Waals surface area contributed by atoms with E-state index in [1.165, 1.54) is 0 Å². The van der Waals surface area contributed by atoms with Gasteiger partial charge in [-0.1, -0.05) is 20.8 Å². The molecule has 6 heteroatoms. The molecule has 1 heterocycles. The molecule has 22 heavy (non-hydrogen) atoms. The van der Waals surface area contributed by atoms with Crippen molar-refractivity contribution in [1.29, 1.82) is 0 Å². The molecular weight excluding hydrogens is 282 g/mol. The second-order valence-electron chi connectivity index (χ2n) is 7.57. The third-order valence-electron chi connectivity index (χ3n) is 3.98. The summed E-state index contributed by atoms with van der Waals surface area (Å²) in [4.78, 5) is 26.4. The number of amides is 2. The van der Waals surface area contributed by atoms with Gasteiger partial charge in [-0.15, -0.1) is 0 Å². The Hall–Kier alpha value is -1.14. The molecule has 1 atom stereocenters. The van der Waals surface area contributed by atoms with Gasteiger partial charge in [0.15, 0.2) is 0 Å². The van der Waals surface area contributed by atoms with Gasteiger partial charge in [0, 0.05) is 30.6 Å². The summed E-state index contributed by atoms with van der Waals surface area (Å²) in [6, 6.07) is -0.535. The molecule has 0 aromatic heterocycles. The molecule has 1 fully saturated rings. The zero-order valence-corrected chi connectivity index (χ0v) is 14.8. The zero-order chi connectivity index (χ0) is 17.0. The molecule has 0 saturated carbocycles. The standard InChI is InChI=1S/C16H31N3O3/c1-12(18-14(21)15(2,3)4)13(20)17-11-16(5,6)19-7-9-22-10-8-19/h12H,7-11H2,1-6H3,(H,17,20)(H,18,21). The summed E-state index contributed by atoms with van der Waals surface area (Å²) in [5.41, 5.74) is -0.630. The predicted molar refractivity (Wildman–Crippen MR) is 86.5 cm³/mol. The van der Waals surface area contributed by atoms with Crippen LogP contribution in [0.15, 0.2) is 0 Å². The molecule has 0 spiro atoms. The van der Waals surface area contributed by atoms with Crippen molar-refractivity contribution in [3.63, 3.8) is 0 Å².